The van der Waals surface area contributed by atoms with Crippen LogP contribution in [0.3, 0.4) is 0 Å². The zero-order chi connectivity index (χ0) is 18.4. The van der Waals surface area contributed by atoms with Gasteiger partial charge in [0.05, 0.1) is 11.8 Å². The minimum atomic E-state index is -0.0202. The zero-order valence-electron chi connectivity index (χ0n) is 14.9. The second-order valence-corrected chi connectivity index (χ2v) is 6.85. The van der Waals surface area contributed by atoms with E-state index < -0.39 is 0 Å². The second kappa shape index (κ2) is 8.67. The Morgan fingerprint density at radius 3 is 2.38 bits per heavy atom. The van der Waals surface area contributed by atoms with Crippen molar-refractivity contribution in [1.82, 2.24) is 20.1 Å². The molecule has 0 saturated heterocycles. The highest BCUT2D eigenvalue weighted by Crippen LogP contribution is 2.23. The monoisotopic (exact) mass is 366 g/mol. The van der Waals surface area contributed by atoms with E-state index in [1.807, 2.05) is 72.2 Å². The van der Waals surface area contributed by atoms with Crippen molar-refractivity contribution in [2.75, 3.05) is 5.75 Å². The van der Waals surface area contributed by atoms with Crippen LogP contribution in [0, 0.1) is 0 Å². The maximum Gasteiger partial charge on any atom is 0.230 e. The van der Waals surface area contributed by atoms with Gasteiger partial charge >= 0.3 is 0 Å². The van der Waals surface area contributed by atoms with Crippen LogP contribution >= 0.6 is 11.8 Å². The van der Waals surface area contributed by atoms with Crippen molar-refractivity contribution in [3.63, 3.8) is 0 Å². The summed E-state index contributed by atoms with van der Waals surface area (Å²) in [5, 5.41) is 12.4. The van der Waals surface area contributed by atoms with Crippen LogP contribution in [0.5, 0.6) is 0 Å². The molecule has 0 aliphatic rings. The Kier molecular flexibility index (Phi) is 6.07. The van der Waals surface area contributed by atoms with Crippen LogP contribution in [-0.2, 0) is 11.3 Å². The molecule has 0 radical (unpaired) electrons. The van der Waals surface area contributed by atoms with Gasteiger partial charge in [-0.2, -0.15) is 0 Å². The largest absolute Gasteiger partial charge is 0.349 e. The highest BCUT2D eigenvalue weighted by atomic mass is 32.2. The van der Waals surface area contributed by atoms with Gasteiger partial charge in [-0.05, 0) is 19.4 Å². The van der Waals surface area contributed by atoms with Gasteiger partial charge in [0.25, 0.3) is 0 Å². The SMILES string of the molecule is CCn1c(SCC(=O)N[C@@H](C)c2ccccc2)nnc1-c1ccccc1. The number of carbonyl (C=O) groups is 1. The Bertz CT molecular complexity index is 849. The van der Waals surface area contributed by atoms with Crippen molar-refractivity contribution in [3.8, 4) is 11.4 Å². The first-order chi connectivity index (χ1) is 12.7. The van der Waals surface area contributed by atoms with E-state index in [9.17, 15) is 4.79 Å². The Balaban J connectivity index is 1.63. The van der Waals surface area contributed by atoms with Gasteiger partial charge in [-0.1, -0.05) is 72.4 Å². The normalized spacial score (nSPS) is 11.9. The molecule has 3 rings (SSSR count). The maximum atomic E-state index is 12.3. The van der Waals surface area contributed by atoms with E-state index in [1.54, 1.807) is 0 Å². The number of thioether (sulfide) groups is 1. The summed E-state index contributed by atoms with van der Waals surface area (Å²) in [6, 6.07) is 19.9. The number of hydrogen-bond donors (Lipinski definition) is 1. The molecule has 1 aromatic heterocycles. The fourth-order valence-corrected chi connectivity index (χ4v) is 3.53. The number of carbonyl (C=O) groups excluding carboxylic acids is 1. The summed E-state index contributed by atoms with van der Waals surface area (Å²) in [5.74, 6) is 1.12. The minimum absolute atomic E-state index is 0.0155. The van der Waals surface area contributed by atoms with Crippen LogP contribution < -0.4 is 5.32 Å². The van der Waals surface area contributed by atoms with Gasteiger partial charge in [-0.25, -0.2) is 0 Å². The van der Waals surface area contributed by atoms with Gasteiger partial charge in [-0.3, -0.25) is 4.79 Å². The first-order valence-electron chi connectivity index (χ1n) is 8.64. The average Bonchev–Trinajstić information content (AvgIpc) is 3.10. The minimum Gasteiger partial charge on any atom is -0.349 e. The van der Waals surface area contributed by atoms with Crippen molar-refractivity contribution >= 4 is 17.7 Å². The molecule has 1 N–H and O–H groups in total. The van der Waals surface area contributed by atoms with Crippen LogP contribution in [0.4, 0.5) is 0 Å². The second-order valence-electron chi connectivity index (χ2n) is 5.91. The van der Waals surface area contributed by atoms with E-state index >= 15 is 0 Å². The van der Waals surface area contributed by atoms with E-state index in [0.717, 1.165) is 28.7 Å². The first kappa shape index (κ1) is 18.2. The summed E-state index contributed by atoms with van der Waals surface area (Å²) in [6.45, 7) is 4.79. The summed E-state index contributed by atoms with van der Waals surface area (Å²) in [5.41, 5.74) is 2.12. The predicted molar refractivity (Wildman–Crippen MR) is 105 cm³/mol. The lowest BCUT2D eigenvalue weighted by atomic mass is 10.1. The molecule has 3 aromatic rings. The first-order valence-corrected chi connectivity index (χ1v) is 9.63. The van der Waals surface area contributed by atoms with Crippen LogP contribution in [0.1, 0.15) is 25.5 Å². The average molecular weight is 366 g/mol. The van der Waals surface area contributed by atoms with E-state index in [4.69, 9.17) is 0 Å². The predicted octanol–water partition coefficient (Wildman–Crippen LogP) is 3.93. The summed E-state index contributed by atoms with van der Waals surface area (Å²) in [4.78, 5) is 12.3. The molecule has 26 heavy (non-hydrogen) atoms. The zero-order valence-corrected chi connectivity index (χ0v) is 15.7. The summed E-state index contributed by atoms with van der Waals surface area (Å²) >= 11 is 1.41. The van der Waals surface area contributed by atoms with Crippen molar-refractivity contribution in [1.29, 1.82) is 0 Å². The van der Waals surface area contributed by atoms with Crippen LogP contribution in [0.15, 0.2) is 65.8 Å². The fourth-order valence-electron chi connectivity index (χ4n) is 2.72. The number of nitrogens with zero attached hydrogens (tertiary/aromatic N) is 3. The highest BCUT2D eigenvalue weighted by Gasteiger charge is 2.15. The van der Waals surface area contributed by atoms with Crippen LogP contribution in [0.25, 0.3) is 11.4 Å². The third-order valence-corrected chi connectivity index (χ3v) is 5.04. The van der Waals surface area contributed by atoms with Crippen molar-refractivity contribution < 1.29 is 4.79 Å². The molecule has 0 aliphatic heterocycles. The third kappa shape index (κ3) is 4.32. The van der Waals surface area contributed by atoms with E-state index in [1.165, 1.54) is 11.8 Å². The number of benzene rings is 2. The Morgan fingerprint density at radius 1 is 1.08 bits per heavy atom. The van der Waals surface area contributed by atoms with E-state index in [0.29, 0.717) is 5.75 Å². The molecule has 0 aliphatic carbocycles. The van der Waals surface area contributed by atoms with Crippen LogP contribution in [0.2, 0.25) is 0 Å². The highest BCUT2D eigenvalue weighted by molar-refractivity contribution is 7.99. The summed E-state index contributed by atoms with van der Waals surface area (Å²) in [7, 11) is 0. The smallest absolute Gasteiger partial charge is 0.230 e. The maximum absolute atomic E-state index is 12.3. The van der Waals surface area contributed by atoms with E-state index in [2.05, 4.69) is 22.4 Å². The van der Waals surface area contributed by atoms with Gasteiger partial charge in [-0.15, -0.1) is 10.2 Å². The Hall–Kier alpha value is -2.60. The quantitative estimate of drug-likeness (QED) is 0.644. The molecule has 0 bridgehead atoms. The Morgan fingerprint density at radius 2 is 1.73 bits per heavy atom. The Labute approximate surface area is 157 Å². The number of nitrogens with one attached hydrogen (secondary N) is 1. The molecule has 6 heteroatoms. The molecule has 1 atom stereocenters. The molecule has 2 aromatic carbocycles. The van der Waals surface area contributed by atoms with Crippen molar-refractivity contribution in [2.24, 2.45) is 0 Å². The van der Waals surface area contributed by atoms with Gasteiger partial charge in [0.2, 0.25) is 5.91 Å². The summed E-state index contributed by atoms with van der Waals surface area (Å²) in [6.07, 6.45) is 0. The fraction of sp³-hybridized carbons (Fsp3) is 0.250. The topological polar surface area (TPSA) is 59.8 Å². The van der Waals surface area contributed by atoms with Gasteiger partial charge in [0.1, 0.15) is 0 Å². The number of rotatable bonds is 7. The number of amides is 1. The number of hydrogen-bond acceptors (Lipinski definition) is 4. The molecule has 0 fully saturated rings. The van der Waals surface area contributed by atoms with Gasteiger partial charge in [0, 0.05) is 12.1 Å². The van der Waals surface area contributed by atoms with Crippen molar-refractivity contribution in [3.05, 3.63) is 66.2 Å². The molecule has 0 saturated carbocycles. The number of aromatic nitrogens is 3. The third-order valence-electron chi connectivity index (χ3n) is 4.07. The lowest BCUT2D eigenvalue weighted by Crippen LogP contribution is -2.28. The summed E-state index contributed by atoms with van der Waals surface area (Å²) < 4.78 is 2.04. The molecule has 5 nitrogen and oxygen atoms in total. The van der Waals surface area contributed by atoms with Crippen molar-refractivity contribution in [2.45, 2.75) is 31.6 Å². The van der Waals surface area contributed by atoms with Gasteiger partial charge < -0.3 is 9.88 Å². The van der Waals surface area contributed by atoms with Gasteiger partial charge in [0.15, 0.2) is 11.0 Å². The molecule has 0 spiro atoms. The molecule has 134 valence electrons. The molecule has 0 unspecified atom stereocenters. The molecular formula is C20H22N4OS. The molecular weight excluding hydrogens is 344 g/mol. The molecule has 1 amide bonds. The molecule has 1 heterocycles. The van der Waals surface area contributed by atoms with E-state index in [-0.39, 0.29) is 11.9 Å². The standard InChI is InChI=1S/C20H22N4OS/c1-3-24-19(17-12-8-5-9-13-17)22-23-20(24)26-14-18(25)21-15(2)16-10-6-4-7-11-16/h4-13,15H,3,14H2,1-2H3,(H,21,25)/t15-/m0/s1. The van der Waals surface area contributed by atoms with Crippen LogP contribution in [-0.4, -0.2) is 26.4 Å². The lowest BCUT2D eigenvalue weighted by Gasteiger charge is -2.14. The lowest BCUT2D eigenvalue weighted by molar-refractivity contribution is -0.119.